The van der Waals surface area contributed by atoms with Crippen molar-refractivity contribution in [2.75, 3.05) is 26.4 Å². The average molecular weight is 465 g/mol. The molecule has 8 nitrogen and oxygen atoms in total. The van der Waals surface area contributed by atoms with Crippen LogP contribution < -0.4 is 5.32 Å². The van der Waals surface area contributed by atoms with Crippen LogP contribution in [0.1, 0.15) is 71.3 Å². The third kappa shape index (κ3) is 5.00. The number of carbonyl (C=O) groups is 2. The van der Waals surface area contributed by atoms with Crippen LogP contribution in [0.3, 0.4) is 0 Å². The van der Waals surface area contributed by atoms with Crippen LogP contribution in [0.2, 0.25) is 0 Å². The van der Waals surface area contributed by atoms with E-state index in [0.717, 1.165) is 30.7 Å². The zero-order valence-electron chi connectivity index (χ0n) is 20.1. The van der Waals surface area contributed by atoms with Gasteiger partial charge >= 0.3 is 5.97 Å². The highest BCUT2D eigenvalue weighted by Gasteiger charge is 2.40. The third-order valence-electron chi connectivity index (χ3n) is 6.81. The summed E-state index contributed by atoms with van der Waals surface area (Å²) in [6.07, 6.45) is 3.25. The lowest BCUT2D eigenvalue weighted by Gasteiger charge is -2.36. The Bertz CT molecular complexity index is 1120. The number of hydrogen-bond acceptors (Lipinski definition) is 6. The van der Waals surface area contributed by atoms with Crippen molar-refractivity contribution in [3.05, 3.63) is 52.3 Å². The van der Waals surface area contributed by atoms with Crippen molar-refractivity contribution < 1.29 is 19.1 Å². The normalized spacial score (nSPS) is 17.4. The van der Waals surface area contributed by atoms with Gasteiger partial charge in [-0.15, -0.1) is 0 Å². The van der Waals surface area contributed by atoms with E-state index < -0.39 is 11.4 Å². The van der Waals surface area contributed by atoms with Crippen molar-refractivity contribution in [2.45, 2.75) is 53.0 Å². The van der Waals surface area contributed by atoms with Gasteiger partial charge in [0, 0.05) is 31.7 Å². The lowest BCUT2D eigenvalue weighted by atomic mass is 9.76. The van der Waals surface area contributed by atoms with Crippen LogP contribution in [0.5, 0.6) is 0 Å². The monoisotopic (exact) mass is 464 g/mol. The van der Waals surface area contributed by atoms with E-state index >= 15 is 0 Å². The summed E-state index contributed by atoms with van der Waals surface area (Å²) in [5, 5.41) is 17.0. The van der Waals surface area contributed by atoms with Crippen molar-refractivity contribution >= 4 is 11.9 Å². The Balaban J connectivity index is 1.54. The summed E-state index contributed by atoms with van der Waals surface area (Å²) in [5.41, 5.74) is 2.80. The molecule has 0 unspecified atom stereocenters. The Hall–Kier alpha value is -3.18. The van der Waals surface area contributed by atoms with Gasteiger partial charge in [-0.2, -0.15) is 10.4 Å². The van der Waals surface area contributed by atoms with E-state index in [9.17, 15) is 9.59 Å². The molecule has 8 heteroatoms. The van der Waals surface area contributed by atoms with Crippen LogP contribution in [0, 0.1) is 22.2 Å². The fourth-order valence-electron chi connectivity index (χ4n) is 4.81. The van der Waals surface area contributed by atoms with E-state index in [1.165, 1.54) is 6.07 Å². The zero-order valence-corrected chi connectivity index (χ0v) is 20.1. The first-order chi connectivity index (χ1) is 16.3. The van der Waals surface area contributed by atoms with Gasteiger partial charge in [-0.25, -0.2) is 4.79 Å². The number of nitrogens with zero attached hydrogens (tertiary/aromatic N) is 3. The minimum atomic E-state index is -0.459. The molecule has 180 valence electrons. The molecular formula is C26H32N4O4. The van der Waals surface area contributed by atoms with E-state index in [1.807, 2.05) is 31.5 Å². The number of nitrogens with one attached hydrogen (secondary N) is 1. The molecule has 1 amide bonds. The van der Waals surface area contributed by atoms with Crippen molar-refractivity contribution in [3.8, 4) is 6.07 Å². The number of esters is 1. The molecule has 34 heavy (non-hydrogen) atoms. The molecule has 0 bridgehead atoms. The number of aryl methyl sites for hydroxylation is 1. The van der Waals surface area contributed by atoms with Gasteiger partial charge in [0.25, 0.3) is 5.91 Å². The number of ether oxygens (including phenoxy) is 2. The van der Waals surface area contributed by atoms with Gasteiger partial charge in [-0.05, 0) is 49.3 Å². The van der Waals surface area contributed by atoms with Gasteiger partial charge < -0.3 is 14.8 Å². The number of carbonyl (C=O) groups excluding carboxylic acids is 2. The van der Waals surface area contributed by atoms with Crippen LogP contribution >= 0.6 is 0 Å². The molecule has 1 aromatic carbocycles. The van der Waals surface area contributed by atoms with Gasteiger partial charge in [0.05, 0.1) is 40.8 Å². The maximum absolute atomic E-state index is 13.0. The molecule has 2 aromatic rings. The second kappa shape index (κ2) is 9.59. The van der Waals surface area contributed by atoms with Crippen LogP contribution in [-0.4, -0.2) is 48.0 Å². The summed E-state index contributed by atoms with van der Waals surface area (Å²) < 4.78 is 13.2. The maximum atomic E-state index is 13.0. The molecule has 1 N–H and O–H groups in total. The Kier molecular flexibility index (Phi) is 6.76. The molecular weight excluding hydrogens is 432 g/mol. The second-order valence-electron chi connectivity index (χ2n) is 10.2. The Labute approximate surface area is 200 Å². The van der Waals surface area contributed by atoms with E-state index in [2.05, 4.69) is 5.32 Å². The molecule has 1 spiro atoms. The Morgan fingerprint density at radius 1 is 1.35 bits per heavy atom. The van der Waals surface area contributed by atoms with Gasteiger partial charge in [-0.3, -0.25) is 9.48 Å². The van der Waals surface area contributed by atoms with Gasteiger partial charge in [0.2, 0.25) is 0 Å². The molecule has 2 aliphatic heterocycles. The largest absolute Gasteiger partial charge is 0.461 e. The minimum Gasteiger partial charge on any atom is -0.461 e. The molecule has 1 aromatic heterocycles. The number of rotatable bonds is 6. The Morgan fingerprint density at radius 3 is 2.82 bits per heavy atom. The number of amides is 1. The summed E-state index contributed by atoms with van der Waals surface area (Å²) in [4.78, 5) is 25.6. The lowest BCUT2D eigenvalue weighted by molar-refractivity contribution is 0.0145. The predicted octanol–water partition coefficient (Wildman–Crippen LogP) is 3.28. The highest BCUT2D eigenvalue weighted by molar-refractivity contribution is 5.97. The van der Waals surface area contributed by atoms with Gasteiger partial charge in [0.1, 0.15) is 0 Å². The molecule has 0 saturated carbocycles. The Morgan fingerprint density at radius 2 is 2.12 bits per heavy atom. The zero-order chi connectivity index (χ0) is 24.3. The maximum Gasteiger partial charge on any atom is 0.338 e. The summed E-state index contributed by atoms with van der Waals surface area (Å²) in [6, 6.07) is 8.53. The first-order valence-electron chi connectivity index (χ1n) is 11.9. The van der Waals surface area contributed by atoms with Gasteiger partial charge in [0.15, 0.2) is 0 Å². The number of benzene rings is 1. The van der Waals surface area contributed by atoms with Crippen LogP contribution in [0.4, 0.5) is 0 Å². The SMILES string of the molecule is CCc1nn(CC(C)(C)COC(=O)c2cccc(C#N)c2)c2c1C(=O)NCC1(CCOCC1)C2. The smallest absolute Gasteiger partial charge is 0.338 e. The highest BCUT2D eigenvalue weighted by Crippen LogP contribution is 2.38. The summed E-state index contributed by atoms with van der Waals surface area (Å²) >= 11 is 0. The van der Waals surface area contributed by atoms with E-state index in [1.54, 1.807) is 18.2 Å². The minimum absolute atomic E-state index is 0.0235. The van der Waals surface area contributed by atoms with E-state index in [0.29, 0.717) is 49.4 Å². The first-order valence-corrected chi connectivity index (χ1v) is 11.9. The molecule has 1 fully saturated rings. The summed E-state index contributed by atoms with van der Waals surface area (Å²) in [7, 11) is 0. The quantitative estimate of drug-likeness (QED) is 0.658. The molecule has 2 aliphatic rings. The molecule has 3 heterocycles. The van der Waals surface area contributed by atoms with E-state index in [-0.39, 0.29) is 17.9 Å². The van der Waals surface area contributed by atoms with Crippen molar-refractivity contribution in [3.63, 3.8) is 0 Å². The molecule has 0 atom stereocenters. The van der Waals surface area contributed by atoms with Crippen LogP contribution in [-0.2, 0) is 28.9 Å². The van der Waals surface area contributed by atoms with Crippen molar-refractivity contribution in [1.29, 1.82) is 5.26 Å². The lowest BCUT2D eigenvalue weighted by Crippen LogP contribution is -2.41. The first kappa shape index (κ1) is 24.0. The van der Waals surface area contributed by atoms with Crippen LogP contribution in [0.25, 0.3) is 0 Å². The average Bonchev–Trinajstić information content (AvgIpc) is 3.10. The number of hydrogen-bond donors (Lipinski definition) is 1. The predicted molar refractivity (Wildman–Crippen MR) is 125 cm³/mol. The summed E-state index contributed by atoms with van der Waals surface area (Å²) in [5.74, 6) is -0.512. The van der Waals surface area contributed by atoms with Gasteiger partial charge in [-0.1, -0.05) is 26.8 Å². The fraction of sp³-hybridized carbons (Fsp3) is 0.538. The standard InChI is InChI=1S/C26H32N4O4/c1-4-20-22-21(13-26(15-28-23(22)31)8-10-33-11-9-26)30(29-20)16-25(2,3)17-34-24(32)19-7-5-6-18(12-19)14-27/h5-7,12H,4,8-11,13,15-17H2,1-3H3,(H,28,31). The number of nitriles is 1. The summed E-state index contributed by atoms with van der Waals surface area (Å²) in [6.45, 7) is 8.81. The molecule has 4 rings (SSSR count). The fourth-order valence-corrected chi connectivity index (χ4v) is 4.81. The van der Waals surface area contributed by atoms with Crippen molar-refractivity contribution in [1.82, 2.24) is 15.1 Å². The topological polar surface area (TPSA) is 106 Å². The highest BCUT2D eigenvalue weighted by atomic mass is 16.5. The molecule has 0 radical (unpaired) electrons. The number of fused-ring (bicyclic) bond motifs is 1. The molecule has 1 saturated heterocycles. The molecule has 0 aliphatic carbocycles. The third-order valence-corrected chi connectivity index (χ3v) is 6.81. The van der Waals surface area contributed by atoms with Crippen LogP contribution in [0.15, 0.2) is 24.3 Å². The number of aromatic nitrogens is 2. The van der Waals surface area contributed by atoms with Crippen molar-refractivity contribution in [2.24, 2.45) is 10.8 Å². The van der Waals surface area contributed by atoms with E-state index in [4.69, 9.17) is 19.8 Å². The second-order valence-corrected chi connectivity index (χ2v) is 10.2.